The van der Waals surface area contributed by atoms with Crippen LogP contribution in [0.25, 0.3) is 0 Å². The van der Waals surface area contributed by atoms with Crippen molar-refractivity contribution >= 4 is 17.7 Å². The summed E-state index contributed by atoms with van der Waals surface area (Å²) in [5, 5.41) is 2.72. The second-order valence-electron chi connectivity index (χ2n) is 6.53. The number of hydrogen-bond donors (Lipinski definition) is 1. The minimum Gasteiger partial charge on any atom is -0.497 e. The lowest BCUT2D eigenvalue weighted by Gasteiger charge is -2.34. The zero-order chi connectivity index (χ0) is 20.1. The summed E-state index contributed by atoms with van der Waals surface area (Å²) in [4.78, 5) is 40.1. The number of carbonyl (C=O) groups is 3. The summed E-state index contributed by atoms with van der Waals surface area (Å²) < 4.78 is 10.2. The molecule has 0 saturated carbocycles. The molecule has 3 amide bonds. The van der Waals surface area contributed by atoms with Crippen molar-refractivity contribution in [3.05, 3.63) is 54.0 Å². The first-order valence-electron chi connectivity index (χ1n) is 9.06. The molecule has 0 aliphatic carbocycles. The second-order valence-corrected chi connectivity index (χ2v) is 6.53. The molecule has 1 N–H and O–H groups in total. The Hall–Kier alpha value is -3.29. The standard InChI is InChI=1S/C20H23N3O5/c1-14(15-5-7-16(27-2)8-6-15)21-18(24)20(26)23-11-9-22(10-12-23)19(25)17-4-3-13-28-17/h3-8,13-14H,9-12H2,1-2H3,(H,21,24). The average molecular weight is 385 g/mol. The smallest absolute Gasteiger partial charge is 0.312 e. The lowest BCUT2D eigenvalue weighted by atomic mass is 10.1. The number of ether oxygens (including phenoxy) is 1. The van der Waals surface area contributed by atoms with E-state index in [1.54, 1.807) is 36.3 Å². The Kier molecular flexibility index (Phi) is 5.98. The molecule has 1 aliphatic heterocycles. The number of piperazine rings is 1. The quantitative estimate of drug-likeness (QED) is 0.805. The molecule has 1 saturated heterocycles. The van der Waals surface area contributed by atoms with Crippen LogP contribution in [0, 0.1) is 0 Å². The summed E-state index contributed by atoms with van der Waals surface area (Å²) >= 11 is 0. The van der Waals surface area contributed by atoms with Gasteiger partial charge in [0.05, 0.1) is 19.4 Å². The molecule has 2 heterocycles. The molecule has 0 bridgehead atoms. The Morgan fingerprint density at radius 3 is 2.25 bits per heavy atom. The number of carbonyl (C=O) groups excluding carboxylic acids is 3. The van der Waals surface area contributed by atoms with Gasteiger partial charge in [0, 0.05) is 26.2 Å². The van der Waals surface area contributed by atoms with Crippen LogP contribution in [-0.2, 0) is 9.59 Å². The summed E-state index contributed by atoms with van der Waals surface area (Å²) in [7, 11) is 1.58. The Balaban J connectivity index is 1.51. The lowest BCUT2D eigenvalue weighted by molar-refractivity contribution is -0.147. The van der Waals surface area contributed by atoms with Crippen LogP contribution in [0.4, 0.5) is 0 Å². The third kappa shape index (κ3) is 4.33. The summed E-state index contributed by atoms with van der Waals surface area (Å²) in [6.45, 7) is 3.12. The van der Waals surface area contributed by atoms with E-state index >= 15 is 0 Å². The van der Waals surface area contributed by atoms with Gasteiger partial charge in [0.25, 0.3) is 5.91 Å². The fourth-order valence-electron chi connectivity index (χ4n) is 3.05. The average Bonchev–Trinajstić information content (AvgIpc) is 3.27. The number of nitrogens with one attached hydrogen (secondary N) is 1. The van der Waals surface area contributed by atoms with Crippen molar-refractivity contribution in [2.45, 2.75) is 13.0 Å². The van der Waals surface area contributed by atoms with Crippen molar-refractivity contribution in [2.24, 2.45) is 0 Å². The molecule has 2 aromatic rings. The van der Waals surface area contributed by atoms with Gasteiger partial charge in [0.15, 0.2) is 5.76 Å². The third-order valence-corrected chi connectivity index (χ3v) is 4.74. The molecule has 1 aromatic carbocycles. The van der Waals surface area contributed by atoms with E-state index < -0.39 is 11.8 Å². The number of nitrogens with zero attached hydrogens (tertiary/aromatic N) is 2. The molecule has 8 nitrogen and oxygen atoms in total. The molecule has 1 atom stereocenters. The SMILES string of the molecule is COc1ccc(C(C)NC(=O)C(=O)N2CCN(C(=O)c3ccco3)CC2)cc1. The van der Waals surface area contributed by atoms with Gasteiger partial charge in [0.2, 0.25) is 0 Å². The summed E-state index contributed by atoms with van der Waals surface area (Å²) in [5.74, 6) is -0.472. The molecular weight excluding hydrogens is 362 g/mol. The molecule has 148 valence electrons. The minimum atomic E-state index is -0.658. The van der Waals surface area contributed by atoms with Crippen molar-refractivity contribution in [1.82, 2.24) is 15.1 Å². The zero-order valence-electron chi connectivity index (χ0n) is 15.9. The van der Waals surface area contributed by atoms with Crippen LogP contribution in [0.15, 0.2) is 47.1 Å². The number of hydrogen-bond acceptors (Lipinski definition) is 5. The van der Waals surface area contributed by atoms with E-state index in [-0.39, 0.29) is 17.7 Å². The Labute approximate surface area is 163 Å². The molecule has 3 rings (SSSR count). The predicted octanol–water partition coefficient (Wildman–Crippen LogP) is 1.45. The lowest BCUT2D eigenvalue weighted by Crippen LogP contribution is -2.54. The van der Waals surface area contributed by atoms with Gasteiger partial charge in [-0.25, -0.2) is 0 Å². The van der Waals surface area contributed by atoms with Crippen LogP contribution in [-0.4, -0.2) is 60.8 Å². The van der Waals surface area contributed by atoms with Crippen LogP contribution in [0.3, 0.4) is 0 Å². The highest BCUT2D eigenvalue weighted by Crippen LogP contribution is 2.17. The predicted molar refractivity (Wildman–Crippen MR) is 101 cm³/mol. The van der Waals surface area contributed by atoms with Crippen molar-refractivity contribution in [1.29, 1.82) is 0 Å². The Bertz CT molecular complexity index is 824. The van der Waals surface area contributed by atoms with Gasteiger partial charge < -0.3 is 24.3 Å². The van der Waals surface area contributed by atoms with E-state index in [9.17, 15) is 14.4 Å². The number of furan rings is 1. The number of rotatable bonds is 4. The van der Waals surface area contributed by atoms with E-state index in [0.29, 0.717) is 26.2 Å². The first kappa shape index (κ1) is 19.5. The third-order valence-electron chi connectivity index (χ3n) is 4.74. The minimum absolute atomic E-state index is 0.213. The van der Waals surface area contributed by atoms with Gasteiger partial charge in [-0.2, -0.15) is 0 Å². The van der Waals surface area contributed by atoms with Crippen molar-refractivity contribution in [3.63, 3.8) is 0 Å². The van der Waals surface area contributed by atoms with E-state index in [1.807, 2.05) is 19.1 Å². The van der Waals surface area contributed by atoms with Gasteiger partial charge in [-0.3, -0.25) is 14.4 Å². The molecule has 1 unspecified atom stereocenters. The Morgan fingerprint density at radius 1 is 1.04 bits per heavy atom. The summed E-state index contributed by atoms with van der Waals surface area (Å²) in [5.41, 5.74) is 0.871. The van der Waals surface area contributed by atoms with E-state index in [4.69, 9.17) is 9.15 Å². The van der Waals surface area contributed by atoms with Gasteiger partial charge in [-0.1, -0.05) is 12.1 Å². The normalized spacial score (nSPS) is 15.1. The maximum absolute atomic E-state index is 12.4. The highest BCUT2D eigenvalue weighted by Gasteiger charge is 2.29. The van der Waals surface area contributed by atoms with Gasteiger partial charge >= 0.3 is 11.8 Å². The van der Waals surface area contributed by atoms with Crippen molar-refractivity contribution in [3.8, 4) is 5.75 Å². The fraction of sp³-hybridized carbons (Fsp3) is 0.350. The zero-order valence-corrected chi connectivity index (χ0v) is 15.9. The van der Waals surface area contributed by atoms with E-state index in [0.717, 1.165) is 11.3 Å². The van der Waals surface area contributed by atoms with Crippen LogP contribution in [0.2, 0.25) is 0 Å². The van der Waals surface area contributed by atoms with Crippen molar-refractivity contribution in [2.75, 3.05) is 33.3 Å². The summed E-state index contributed by atoms with van der Waals surface area (Å²) in [6, 6.07) is 10.2. The van der Waals surface area contributed by atoms with Crippen LogP contribution < -0.4 is 10.1 Å². The molecule has 0 spiro atoms. The molecule has 1 aromatic heterocycles. The highest BCUT2D eigenvalue weighted by molar-refractivity contribution is 6.35. The van der Waals surface area contributed by atoms with Crippen LogP contribution >= 0.6 is 0 Å². The van der Waals surface area contributed by atoms with Crippen LogP contribution in [0.1, 0.15) is 29.1 Å². The maximum Gasteiger partial charge on any atom is 0.312 e. The topological polar surface area (TPSA) is 92.1 Å². The molecule has 8 heteroatoms. The summed E-state index contributed by atoms with van der Waals surface area (Å²) in [6.07, 6.45) is 1.45. The van der Waals surface area contributed by atoms with E-state index in [2.05, 4.69) is 5.32 Å². The largest absolute Gasteiger partial charge is 0.497 e. The van der Waals surface area contributed by atoms with Crippen molar-refractivity contribution < 1.29 is 23.5 Å². The number of benzene rings is 1. The van der Waals surface area contributed by atoms with E-state index in [1.165, 1.54) is 11.2 Å². The van der Waals surface area contributed by atoms with Gasteiger partial charge in [-0.05, 0) is 36.8 Å². The second kappa shape index (κ2) is 8.60. The highest BCUT2D eigenvalue weighted by atomic mass is 16.5. The molecule has 28 heavy (non-hydrogen) atoms. The maximum atomic E-state index is 12.4. The fourth-order valence-corrected chi connectivity index (χ4v) is 3.05. The van der Waals surface area contributed by atoms with Crippen LogP contribution in [0.5, 0.6) is 5.75 Å². The molecular formula is C20H23N3O5. The van der Waals surface area contributed by atoms with Gasteiger partial charge in [0.1, 0.15) is 5.75 Å². The first-order valence-corrected chi connectivity index (χ1v) is 9.06. The first-order chi connectivity index (χ1) is 13.5. The molecule has 1 aliphatic rings. The molecule has 1 fully saturated rings. The monoisotopic (exact) mass is 385 g/mol. The van der Waals surface area contributed by atoms with Gasteiger partial charge in [-0.15, -0.1) is 0 Å². The number of amides is 3. The number of methoxy groups -OCH3 is 1. The molecule has 0 radical (unpaired) electrons. The Morgan fingerprint density at radius 2 is 1.68 bits per heavy atom.